The van der Waals surface area contributed by atoms with Crippen molar-refractivity contribution in [3.8, 4) is 16.9 Å². The SMILES string of the molecule is CNC(=O)c1cccc(-c2ccc(O[C@H]3O[C@H](CF)[C@](C)(O)[C@H](O)[C@@H]3O)cc2)c1. The molecule has 1 heterocycles. The number of hydrogen-bond acceptors (Lipinski definition) is 6. The lowest BCUT2D eigenvalue weighted by Gasteiger charge is -2.45. The van der Waals surface area contributed by atoms with E-state index in [0.29, 0.717) is 11.3 Å². The van der Waals surface area contributed by atoms with Gasteiger partial charge in [0.2, 0.25) is 6.29 Å². The first-order chi connectivity index (χ1) is 13.8. The predicted octanol–water partition coefficient (Wildman–Crippen LogP) is 1.26. The van der Waals surface area contributed by atoms with Crippen molar-refractivity contribution in [2.24, 2.45) is 0 Å². The molecule has 0 unspecified atom stereocenters. The molecular formula is C21H24FNO6. The molecule has 2 aromatic rings. The molecule has 1 saturated heterocycles. The topological polar surface area (TPSA) is 108 Å². The van der Waals surface area contributed by atoms with Crippen molar-refractivity contribution >= 4 is 5.91 Å². The normalized spacial score (nSPS) is 29.3. The van der Waals surface area contributed by atoms with E-state index < -0.39 is 36.9 Å². The second-order valence-electron chi connectivity index (χ2n) is 7.11. The molecular weight excluding hydrogens is 381 g/mol. The minimum Gasteiger partial charge on any atom is -0.462 e. The molecule has 0 saturated carbocycles. The molecule has 1 amide bonds. The molecule has 0 aliphatic carbocycles. The highest BCUT2D eigenvalue weighted by Crippen LogP contribution is 2.32. The first-order valence-electron chi connectivity index (χ1n) is 9.17. The molecule has 5 atom stereocenters. The van der Waals surface area contributed by atoms with Crippen molar-refractivity contribution in [2.75, 3.05) is 13.7 Å². The summed E-state index contributed by atoms with van der Waals surface area (Å²) in [5.74, 6) is 0.138. The molecule has 0 aromatic heterocycles. The van der Waals surface area contributed by atoms with Crippen molar-refractivity contribution in [2.45, 2.75) is 37.1 Å². The van der Waals surface area contributed by atoms with Crippen molar-refractivity contribution < 1.29 is 34.0 Å². The highest BCUT2D eigenvalue weighted by molar-refractivity contribution is 5.95. The van der Waals surface area contributed by atoms with Gasteiger partial charge in [-0.05, 0) is 42.3 Å². The Hall–Kier alpha value is -2.52. The average Bonchev–Trinajstić information content (AvgIpc) is 2.74. The molecule has 0 bridgehead atoms. The number of benzene rings is 2. The first-order valence-corrected chi connectivity index (χ1v) is 9.17. The molecule has 1 aliphatic heterocycles. The van der Waals surface area contributed by atoms with Crippen LogP contribution in [0.15, 0.2) is 48.5 Å². The summed E-state index contributed by atoms with van der Waals surface area (Å²) in [4.78, 5) is 11.8. The number of amides is 1. The summed E-state index contributed by atoms with van der Waals surface area (Å²) in [6.45, 7) is 0.153. The van der Waals surface area contributed by atoms with Gasteiger partial charge < -0.3 is 30.1 Å². The maximum atomic E-state index is 13.2. The van der Waals surface area contributed by atoms with Crippen molar-refractivity contribution in [1.29, 1.82) is 0 Å². The van der Waals surface area contributed by atoms with Gasteiger partial charge in [-0.1, -0.05) is 24.3 Å². The Balaban J connectivity index is 1.75. The Kier molecular flexibility index (Phi) is 6.18. The highest BCUT2D eigenvalue weighted by Gasteiger charge is 2.52. The van der Waals surface area contributed by atoms with Crippen LogP contribution in [-0.4, -0.2) is 65.2 Å². The van der Waals surface area contributed by atoms with Crippen LogP contribution in [-0.2, 0) is 4.74 Å². The Morgan fingerprint density at radius 2 is 1.90 bits per heavy atom. The van der Waals surface area contributed by atoms with Crippen LogP contribution in [0.1, 0.15) is 17.3 Å². The number of halogens is 1. The smallest absolute Gasteiger partial charge is 0.251 e. The molecule has 3 rings (SSSR count). The number of ether oxygens (including phenoxy) is 2. The summed E-state index contributed by atoms with van der Waals surface area (Å²) in [6.07, 6.45) is -5.86. The molecule has 7 nitrogen and oxygen atoms in total. The Labute approximate surface area is 167 Å². The van der Waals surface area contributed by atoms with Crippen LogP contribution in [0.5, 0.6) is 5.75 Å². The number of alkyl halides is 1. The van der Waals surface area contributed by atoms with E-state index in [1.54, 1.807) is 49.5 Å². The Morgan fingerprint density at radius 1 is 1.21 bits per heavy atom. The van der Waals surface area contributed by atoms with Crippen LogP contribution < -0.4 is 10.1 Å². The van der Waals surface area contributed by atoms with E-state index in [2.05, 4.69) is 5.32 Å². The maximum Gasteiger partial charge on any atom is 0.251 e. The van der Waals surface area contributed by atoms with Gasteiger partial charge in [-0.25, -0.2) is 4.39 Å². The van der Waals surface area contributed by atoms with Crippen LogP contribution in [0.25, 0.3) is 11.1 Å². The van der Waals surface area contributed by atoms with Gasteiger partial charge in [-0.15, -0.1) is 0 Å². The van der Waals surface area contributed by atoms with E-state index in [1.165, 1.54) is 6.92 Å². The van der Waals surface area contributed by atoms with E-state index in [1.807, 2.05) is 6.07 Å². The van der Waals surface area contributed by atoms with Gasteiger partial charge in [0.15, 0.2) is 0 Å². The van der Waals surface area contributed by atoms with E-state index in [4.69, 9.17) is 9.47 Å². The number of carbonyl (C=O) groups excluding carboxylic acids is 1. The molecule has 1 aliphatic rings. The molecule has 156 valence electrons. The number of nitrogens with one attached hydrogen (secondary N) is 1. The molecule has 0 radical (unpaired) electrons. The van der Waals surface area contributed by atoms with E-state index in [9.17, 15) is 24.5 Å². The summed E-state index contributed by atoms with van der Waals surface area (Å²) >= 11 is 0. The summed E-state index contributed by atoms with van der Waals surface area (Å²) in [7, 11) is 1.56. The van der Waals surface area contributed by atoms with Crippen LogP contribution in [0, 0.1) is 0 Å². The second-order valence-corrected chi connectivity index (χ2v) is 7.11. The third kappa shape index (κ3) is 4.25. The minimum absolute atomic E-state index is 0.188. The summed E-state index contributed by atoms with van der Waals surface area (Å²) < 4.78 is 24.0. The highest BCUT2D eigenvalue weighted by atomic mass is 19.1. The van der Waals surface area contributed by atoms with E-state index in [0.717, 1.165) is 11.1 Å². The fourth-order valence-electron chi connectivity index (χ4n) is 3.20. The zero-order valence-electron chi connectivity index (χ0n) is 16.1. The standard InChI is InChI=1S/C21H24FNO6/c1-21(27)16(11-22)29-20(17(24)18(21)25)28-15-8-6-12(7-9-15)13-4-3-5-14(10-13)19(26)23-2/h3-10,16-18,20,24-25,27H,11H2,1-2H3,(H,23,26)/t16-,17+,18-,20+,21+/m1/s1. The largest absolute Gasteiger partial charge is 0.462 e. The molecule has 0 spiro atoms. The van der Waals surface area contributed by atoms with Gasteiger partial charge >= 0.3 is 0 Å². The molecule has 29 heavy (non-hydrogen) atoms. The maximum absolute atomic E-state index is 13.2. The zero-order valence-corrected chi connectivity index (χ0v) is 16.1. The third-order valence-corrected chi connectivity index (χ3v) is 5.08. The van der Waals surface area contributed by atoms with Gasteiger partial charge in [0.1, 0.15) is 36.3 Å². The second kappa shape index (κ2) is 8.46. The number of rotatable bonds is 5. The van der Waals surface area contributed by atoms with Gasteiger partial charge in [0.05, 0.1) is 0 Å². The fourth-order valence-corrected chi connectivity index (χ4v) is 3.20. The van der Waals surface area contributed by atoms with Crippen LogP contribution in [0.4, 0.5) is 4.39 Å². The van der Waals surface area contributed by atoms with Gasteiger partial charge in [-0.3, -0.25) is 4.79 Å². The Bertz CT molecular complexity index is 853. The third-order valence-electron chi connectivity index (χ3n) is 5.08. The van der Waals surface area contributed by atoms with Crippen molar-refractivity contribution in [1.82, 2.24) is 5.32 Å². The summed E-state index contributed by atoms with van der Waals surface area (Å²) in [5, 5.41) is 33.0. The van der Waals surface area contributed by atoms with Crippen LogP contribution >= 0.6 is 0 Å². The monoisotopic (exact) mass is 405 g/mol. The molecule has 4 N–H and O–H groups in total. The van der Waals surface area contributed by atoms with Crippen LogP contribution in [0.3, 0.4) is 0 Å². The number of hydrogen-bond donors (Lipinski definition) is 4. The van der Waals surface area contributed by atoms with Gasteiger partial charge in [0.25, 0.3) is 5.91 Å². The number of carbonyl (C=O) groups is 1. The fraction of sp³-hybridized carbons (Fsp3) is 0.381. The minimum atomic E-state index is -1.94. The quantitative estimate of drug-likeness (QED) is 0.597. The lowest BCUT2D eigenvalue weighted by Crippen LogP contribution is -2.66. The molecule has 1 fully saturated rings. The summed E-state index contributed by atoms with van der Waals surface area (Å²) in [5.41, 5.74) is 0.254. The summed E-state index contributed by atoms with van der Waals surface area (Å²) in [6, 6.07) is 13.9. The van der Waals surface area contributed by atoms with Gasteiger partial charge in [0, 0.05) is 12.6 Å². The zero-order chi connectivity index (χ0) is 21.2. The lowest BCUT2D eigenvalue weighted by atomic mass is 9.86. The molecule has 8 heteroatoms. The van der Waals surface area contributed by atoms with Crippen molar-refractivity contribution in [3.05, 3.63) is 54.1 Å². The van der Waals surface area contributed by atoms with E-state index >= 15 is 0 Å². The van der Waals surface area contributed by atoms with Gasteiger partial charge in [-0.2, -0.15) is 0 Å². The van der Waals surface area contributed by atoms with E-state index in [-0.39, 0.29) is 5.91 Å². The Morgan fingerprint density at radius 3 is 2.52 bits per heavy atom. The van der Waals surface area contributed by atoms with Crippen LogP contribution in [0.2, 0.25) is 0 Å². The first kappa shape index (κ1) is 21.2. The molecule has 2 aromatic carbocycles. The number of aliphatic hydroxyl groups is 3. The number of aliphatic hydroxyl groups excluding tert-OH is 2. The van der Waals surface area contributed by atoms with Crippen molar-refractivity contribution in [3.63, 3.8) is 0 Å². The lowest BCUT2D eigenvalue weighted by molar-refractivity contribution is -0.305. The predicted molar refractivity (Wildman–Crippen MR) is 103 cm³/mol. The average molecular weight is 405 g/mol.